The molecule has 1 rings (SSSR count). The fraction of sp³-hybridized carbons (Fsp3) is 0.250. The SMILES string of the molecule is CCOC(=O)CC=Cc1ccc(Br)cc1Cl. The zero-order valence-corrected chi connectivity index (χ0v) is 11.2. The van der Waals surface area contributed by atoms with Gasteiger partial charge in [-0.15, -0.1) is 0 Å². The van der Waals surface area contributed by atoms with Gasteiger partial charge in [-0.05, 0) is 24.6 Å². The lowest BCUT2D eigenvalue weighted by molar-refractivity contribution is -0.142. The quantitative estimate of drug-likeness (QED) is 0.784. The average molecular weight is 304 g/mol. The number of hydrogen-bond donors (Lipinski definition) is 0. The van der Waals surface area contributed by atoms with Crippen LogP contribution in [0, 0.1) is 0 Å². The number of halogens is 2. The minimum atomic E-state index is -0.230. The van der Waals surface area contributed by atoms with Crippen LogP contribution in [0.2, 0.25) is 5.02 Å². The van der Waals surface area contributed by atoms with Gasteiger partial charge in [0.25, 0.3) is 0 Å². The normalized spacial score (nSPS) is 10.7. The van der Waals surface area contributed by atoms with Gasteiger partial charge >= 0.3 is 5.97 Å². The van der Waals surface area contributed by atoms with Crippen molar-refractivity contribution in [1.82, 2.24) is 0 Å². The fourth-order valence-corrected chi connectivity index (χ4v) is 1.88. The van der Waals surface area contributed by atoms with E-state index < -0.39 is 0 Å². The van der Waals surface area contributed by atoms with Crippen LogP contribution < -0.4 is 0 Å². The predicted molar refractivity (Wildman–Crippen MR) is 69.4 cm³/mol. The molecule has 1 aromatic rings. The summed E-state index contributed by atoms with van der Waals surface area (Å²) in [6.07, 6.45) is 3.82. The Morgan fingerprint density at radius 1 is 1.56 bits per heavy atom. The highest BCUT2D eigenvalue weighted by Crippen LogP contribution is 2.22. The number of hydrogen-bond acceptors (Lipinski definition) is 2. The molecule has 2 nitrogen and oxygen atoms in total. The van der Waals surface area contributed by atoms with Gasteiger partial charge in [0.15, 0.2) is 0 Å². The highest BCUT2D eigenvalue weighted by Gasteiger charge is 1.99. The summed E-state index contributed by atoms with van der Waals surface area (Å²) in [7, 11) is 0. The molecule has 4 heteroatoms. The van der Waals surface area contributed by atoms with E-state index in [1.807, 2.05) is 24.3 Å². The number of ether oxygens (including phenoxy) is 1. The van der Waals surface area contributed by atoms with Crippen LogP contribution in [0.5, 0.6) is 0 Å². The van der Waals surface area contributed by atoms with Gasteiger partial charge in [0.05, 0.1) is 13.0 Å². The first-order valence-electron chi connectivity index (χ1n) is 4.90. The third-order valence-corrected chi connectivity index (χ3v) is 2.67. The topological polar surface area (TPSA) is 26.3 Å². The Labute approximate surface area is 108 Å². The van der Waals surface area contributed by atoms with Crippen molar-refractivity contribution in [3.05, 3.63) is 39.3 Å². The van der Waals surface area contributed by atoms with E-state index in [0.717, 1.165) is 10.0 Å². The Morgan fingerprint density at radius 3 is 2.94 bits per heavy atom. The lowest BCUT2D eigenvalue weighted by Gasteiger charge is -1.99. The molecule has 0 fully saturated rings. The second kappa shape index (κ2) is 6.71. The van der Waals surface area contributed by atoms with Crippen molar-refractivity contribution >= 4 is 39.6 Å². The molecule has 0 radical (unpaired) electrons. The largest absolute Gasteiger partial charge is 0.466 e. The van der Waals surface area contributed by atoms with Gasteiger partial charge in [0.2, 0.25) is 0 Å². The van der Waals surface area contributed by atoms with E-state index in [1.165, 1.54) is 0 Å². The monoisotopic (exact) mass is 302 g/mol. The number of carbonyl (C=O) groups excluding carboxylic acids is 1. The maximum atomic E-state index is 11.1. The van der Waals surface area contributed by atoms with Crippen molar-refractivity contribution in [3.8, 4) is 0 Å². The van der Waals surface area contributed by atoms with E-state index in [9.17, 15) is 4.79 Å². The first-order chi connectivity index (χ1) is 7.63. The second-order valence-electron chi connectivity index (χ2n) is 3.08. The summed E-state index contributed by atoms with van der Waals surface area (Å²) in [6.45, 7) is 2.19. The van der Waals surface area contributed by atoms with Crippen LogP contribution in [-0.2, 0) is 9.53 Å². The molecule has 0 N–H and O–H groups in total. The minimum Gasteiger partial charge on any atom is -0.466 e. The smallest absolute Gasteiger partial charge is 0.309 e. The predicted octanol–water partition coefficient (Wildman–Crippen LogP) is 4.07. The molecule has 0 bridgehead atoms. The molecule has 0 aliphatic rings. The lowest BCUT2D eigenvalue weighted by atomic mass is 10.2. The average Bonchev–Trinajstić information content (AvgIpc) is 2.22. The van der Waals surface area contributed by atoms with Crippen molar-refractivity contribution in [2.24, 2.45) is 0 Å². The highest BCUT2D eigenvalue weighted by atomic mass is 79.9. The van der Waals surface area contributed by atoms with Crippen LogP contribution >= 0.6 is 27.5 Å². The Balaban J connectivity index is 2.59. The van der Waals surface area contributed by atoms with E-state index in [0.29, 0.717) is 11.6 Å². The fourth-order valence-electron chi connectivity index (χ4n) is 1.14. The Morgan fingerprint density at radius 2 is 2.31 bits per heavy atom. The van der Waals surface area contributed by atoms with Gasteiger partial charge in [0.1, 0.15) is 0 Å². The van der Waals surface area contributed by atoms with Crippen LogP contribution in [0.3, 0.4) is 0 Å². The molecule has 0 aliphatic heterocycles. The van der Waals surface area contributed by atoms with E-state index in [2.05, 4.69) is 15.9 Å². The van der Waals surface area contributed by atoms with Crippen LogP contribution in [-0.4, -0.2) is 12.6 Å². The molecule has 0 amide bonds. The van der Waals surface area contributed by atoms with Crippen molar-refractivity contribution in [2.45, 2.75) is 13.3 Å². The Hall–Kier alpha value is -0.800. The first-order valence-corrected chi connectivity index (χ1v) is 6.07. The van der Waals surface area contributed by atoms with Crippen LogP contribution in [0.1, 0.15) is 18.9 Å². The van der Waals surface area contributed by atoms with Crippen molar-refractivity contribution in [2.75, 3.05) is 6.61 Å². The van der Waals surface area contributed by atoms with Crippen LogP contribution in [0.4, 0.5) is 0 Å². The Kier molecular flexibility index (Phi) is 5.56. The molecule has 0 heterocycles. The number of benzene rings is 1. The molecule has 0 aromatic heterocycles. The minimum absolute atomic E-state index is 0.230. The molecule has 0 unspecified atom stereocenters. The maximum absolute atomic E-state index is 11.1. The van der Waals surface area contributed by atoms with E-state index in [-0.39, 0.29) is 12.4 Å². The lowest BCUT2D eigenvalue weighted by Crippen LogP contribution is -2.01. The summed E-state index contributed by atoms with van der Waals surface area (Å²) in [5.74, 6) is -0.230. The molecular formula is C12H12BrClO2. The standard InChI is InChI=1S/C12H12BrClO2/c1-2-16-12(15)5-3-4-9-6-7-10(13)8-11(9)14/h3-4,6-8H,2,5H2,1H3. The number of esters is 1. The molecule has 86 valence electrons. The van der Waals surface area contributed by atoms with Gasteiger partial charge < -0.3 is 4.74 Å². The molecule has 16 heavy (non-hydrogen) atoms. The molecule has 0 saturated heterocycles. The molecule has 0 saturated carbocycles. The van der Waals surface area contributed by atoms with E-state index in [4.69, 9.17) is 16.3 Å². The summed E-state index contributed by atoms with van der Waals surface area (Å²) >= 11 is 9.33. The van der Waals surface area contributed by atoms with Gasteiger partial charge in [-0.1, -0.05) is 45.7 Å². The molecular weight excluding hydrogens is 291 g/mol. The third-order valence-electron chi connectivity index (χ3n) is 1.85. The summed E-state index contributed by atoms with van der Waals surface area (Å²) < 4.78 is 5.73. The zero-order valence-electron chi connectivity index (χ0n) is 8.87. The maximum Gasteiger partial charge on any atom is 0.309 e. The highest BCUT2D eigenvalue weighted by molar-refractivity contribution is 9.10. The van der Waals surface area contributed by atoms with E-state index >= 15 is 0 Å². The third kappa shape index (κ3) is 4.37. The van der Waals surface area contributed by atoms with Crippen LogP contribution in [0.15, 0.2) is 28.7 Å². The Bertz CT molecular complexity index is 402. The van der Waals surface area contributed by atoms with Gasteiger partial charge in [-0.25, -0.2) is 0 Å². The van der Waals surface area contributed by atoms with Crippen molar-refractivity contribution in [1.29, 1.82) is 0 Å². The van der Waals surface area contributed by atoms with Crippen molar-refractivity contribution in [3.63, 3.8) is 0 Å². The van der Waals surface area contributed by atoms with Gasteiger partial charge in [-0.2, -0.15) is 0 Å². The molecule has 0 atom stereocenters. The molecule has 1 aromatic carbocycles. The summed E-state index contributed by atoms with van der Waals surface area (Å²) in [6, 6.07) is 5.59. The van der Waals surface area contributed by atoms with Crippen LogP contribution in [0.25, 0.3) is 6.08 Å². The first kappa shape index (κ1) is 13.3. The van der Waals surface area contributed by atoms with Crippen molar-refractivity contribution < 1.29 is 9.53 Å². The van der Waals surface area contributed by atoms with Gasteiger partial charge in [-0.3, -0.25) is 4.79 Å². The molecule has 0 aliphatic carbocycles. The summed E-state index contributed by atoms with van der Waals surface area (Å²) in [4.78, 5) is 11.1. The molecule has 0 spiro atoms. The second-order valence-corrected chi connectivity index (χ2v) is 4.40. The van der Waals surface area contributed by atoms with Gasteiger partial charge in [0, 0.05) is 9.50 Å². The number of carbonyl (C=O) groups is 1. The summed E-state index contributed by atoms with van der Waals surface area (Å²) in [5, 5.41) is 0.648. The zero-order chi connectivity index (χ0) is 12.0. The number of rotatable bonds is 4. The van der Waals surface area contributed by atoms with E-state index in [1.54, 1.807) is 13.0 Å². The summed E-state index contributed by atoms with van der Waals surface area (Å²) in [5.41, 5.74) is 0.883.